The third kappa shape index (κ3) is 2.29. The minimum atomic E-state index is -2.21. The van der Waals surface area contributed by atoms with E-state index in [-0.39, 0.29) is 0 Å². The first-order valence-corrected chi connectivity index (χ1v) is 5.92. The van der Waals surface area contributed by atoms with E-state index in [1.54, 1.807) is 13.3 Å². The summed E-state index contributed by atoms with van der Waals surface area (Å²) in [4.78, 5) is 0.748. The molecule has 0 heterocycles. The van der Waals surface area contributed by atoms with Crippen molar-refractivity contribution in [3.8, 4) is 0 Å². The molecule has 0 bridgehead atoms. The second-order valence-electron chi connectivity index (χ2n) is 2.84. The molecule has 0 amide bonds. The van der Waals surface area contributed by atoms with Crippen molar-refractivity contribution >= 4 is 9.73 Å². The average molecular weight is 198 g/mol. The predicted octanol–water partition coefficient (Wildman–Crippen LogP) is 1.23. The number of hydrogen-bond acceptors (Lipinski definition) is 3. The van der Waals surface area contributed by atoms with Crippen LogP contribution in [-0.4, -0.2) is 17.5 Å². The smallest absolute Gasteiger partial charge is 0.0720 e. The van der Waals surface area contributed by atoms with E-state index in [0.717, 1.165) is 10.5 Å². The van der Waals surface area contributed by atoms with Gasteiger partial charge >= 0.3 is 0 Å². The van der Waals surface area contributed by atoms with Crippen LogP contribution in [0.2, 0.25) is 0 Å². The number of rotatable bonds is 2. The SMILES string of the molecule is CN=S(C)(=O)c1cccc(CN)c1. The highest BCUT2D eigenvalue weighted by Gasteiger charge is 2.03. The second-order valence-corrected chi connectivity index (χ2v) is 5.28. The lowest BCUT2D eigenvalue weighted by Gasteiger charge is -2.04. The summed E-state index contributed by atoms with van der Waals surface area (Å²) >= 11 is 0. The fourth-order valence-electron chi connectivity index (χ4n) is 1.01. The molecule has 0 aliphatic rings. The van der Waals surface area contributed by atoms with Crippen molar-refractivity contribution in [3.05, 3.63) is 29.8 Å². The first-order chi connectivity index (χ1) is 6.10. The molecule has 2 N–H and O–H groups in total. The summed E-state index contributed by atoms with van der Waals surface area (Å²) in [6.07, 6.45) is 1.63. The Balaban J connectivity index is 3.25. The van der Waals surface area contributed by atoms with Crippen LogP contribution in [0, 0.1) is 0 Å². The third-order valence-electron chi connectivity index (χ3n) is 1.92. The van der Waals surface area contributed by atoms with Gasteiger partial charge in [0.2, 0.25) is 0 Å². The van der Waals surface area contributed by atoms with Gasteiger partial charge in [0.1, 0.15) is 0 Å². The maximum atomic E-state index is 11.8. The topological polar surface area (TPSA) is 55.5 Å². The van der Waals surface area contributed by atoms with Gasteiger partial charge in [0.05, 0.1) is 9.73 Å². The van der Waals surface area contributed by atoms with E-state index in [1.807, 2.05) is 24.3 Å². The summed E-state index contributed by atoms with van der Waals surface area (Å²) in [5.41, 5.74) is 6.46. The van der Waals surface area contributed by atoms with Gasteiger partial charge in [-0.2, -0.15) is 0 Å². The third-order valence-corrected chi connectivity index (χ3v) is 3.75. The molecule has 0 aliphatic carbocycles. The molecule has 0 aliphatic heterocycles. The number of nitrogens with two attached hydrogens (primary N) is 1. The molecule has 0 aromatic heterocycles. The molecule has 1 aromatic rings. The van der Waals surface area contributed by atoms with Crippen LogP contribution in [-0.2, 0) is 16.3 Å². The molecular weight excluding hydrogens is 184 g/mol. The van der Waals surface area contributed by atoms with Crippen LogP contribution in [0.5, 0.6) is 0 Å². The highest BCUT2D eigenvalue weighted by molar-refractivity contribution is 7.93. The Kier molecular flexibility index (Phi) is 3.06. The Labute approximate surface area is 79.1 Å². The van der Waals surface area contributed by atoms with Crippen molar-refractivity contribution in [3.63, 3.8) is 0 Å². The molecule has 0 fully saturated rings. The van der Waals surface area contributed by atoms with Crippen molar-refractivity contribution in [1.82, 2.24) is 0 Å². The van der Waals surface area contributed by atoms with Crippen LogP contribution in [0.15, 0.2) is 33.5 Å². The lowest BCUT2D eigenvalue weighted by atomic mass is 10.2. The highest BCUT2D eigenvalue weighted by Crippen LogP contribution is 2.12. The molecule has 0 radical (unpaired) electrons. The number of benzene rings is 1. The maximum absolute atomic E-state index is 11.8. The van der Waals surface area contributed by atoms with Crippen molar-refractivity contribution in [2.24, 2.45) is 10.1 Å². The number of hydrogen-bond donors (Lipinski definition) is 1. The van der Waals surface area contributed by atoms with E-state index in [2.05, 4.69) is 4.36 Å². The van der Waals surface area contributed by atoms with Crippen LogP contribution >= 0.6 is 0 Å². The van der Waals surface area contributed by atoms with Crippen LogP contribution in [0.25, 0.3) is 0 Å². The Morgan fingerprint density at radius 1 is 1.54 bits per heavy atom. The largest absolute Gasteiger partial charge is 0.326 e. The summed E-state index contributed by atoms with van der Waals surface area (Å²) in [5.74, 6) is 0. The fourth-order valence-corrected chi connectivity index (χ4v) is 1.93. The van der Waals surface area contributed by atoms with Gasteiger partial charge < -0.3 is 5.73 Å². The number of nitrogens with zero attached hydrogens (tertiary/aromatic N) is 1. The van der Waals surface area contributed by atoms with Crippen molar-refractivity contribution in [1.29, 1.82) is 0 Å². The first kappa shape index (κ1) is 10.2. The van der Waals surface area contributed by atoms with Crippen LogP contribution in [0.3, 0.4) is 0 Å². The molecule has 1 rings (SSSR count). The zero-order chi connectivity index (χ0) is 9.90. The summed E-state index contributed by atoms with van der Waals surface area (Å²) in [6, 6.07) is 7.42. The van der Waals surface area contributed by atoms with Gasteiger partial charge in [0.25, 0.3) is 0 Å². The predicted molar refractivity (Wildman–Crippen MR) is 55.0 cm³/mol. The van der Waals surface area contributed by atoms with Crippen molar-refractivity contribution < 1.29 is 4.21 Å². The summed E-state index contributed by atoms with van der Waals surface area (Å²) in [7, 11) is -0.644. The van der Waals surface area contributed by atoms with E-state index >= 15 is 0 Å². The molecule has 3 nitrogen and oxygen atoms in total. The molecular formula is C9H14N2OS. The van der Waals surface area contributed by atoms with E-state index in [1.165, 1.54) is 0 Å². The maximum Gasteiger partial charge on any atom is 0.0720 e. The van der Waals surface area contributed by atoms with Gasteiger partial charge in [-0.15, -0.1) is 0 Å². The lowest BCUT2D eigenvalue weighted by molar-refractivity contribution is 0.680. The van der Waals surface area contributed by atoms with Gasteiger partial charge in [0, 0.05) is 24.7 Å². The van der Waals surface area contributed by atoms with Crippen LogP contribution < -0.4 is 5.73 Å². The Bertz CT molecular complexity index is 406. The molecule has 72 valence electrons. The van der Waals surface area contributed by atoms with E-state index in [4.69, 9.17) is 5.73 Å². The zero-order valence-electron chi connectivity index (χ0n) is 7.86. The molecule has 13 heavy (non-hydrogen) atoms. The fraction of sp³-hybridized carbons (Fsp3) is 0.333. The molecule has 1 unspecified atom stereocenters. The van der Waals surface area contributed by atoms with Crippen LogP contribution in [0.4, 0.5) is 0 Å². The highest BCUT2D eigenvalue weighted by atomic mass is 32.2. The minimum Gasteiger partial charge on any atom is -0.326 e. The average Bonchev–Trinajstić information content (AvgIpc) is 2.18. The molecule has 1 atom stereocenters. The standard InChI is InChI=1S/C9H14N2OS/c1-11-13(2,12)9-5-3-4-8(6-9)7-10/h3-6H,7,10H2,1-2H3. The summed E-state index contributed by atoms with van der Waals surface area (Å²) < 4.78 is 15.7. The Morgan fingerprint density at radius 3 is 2.77 bits per heavy atom. The van der Waals surface area contributed by atoms with Gasteiger partial charge in [0.15, 0.2) is 0 Å². The van der Waals surface area contributed by atoms with Gasteiger partial charge in [-0.25, -0.2) is 8.57 Å². The minimum absolute atomic E-state index is 0.465. The molecule has 1 aromatic carbocycles. The van der Waals surface area contributed by atoms with Gasteiger partial charge in [-0.05, 0) is 17.7 Å². The summed E-state index contributed by atoms with van der Waals surface area (Å²) in [6.45, 7) is 0.465. The molecule has 4 heteroatoms. The summed E-state index contributed by atoms with van der Waals surface area (Å²) in [5, 5.41) is 0. The lowest BCUT2D eigenvalue weighted by Crippen LogP contribution is -2.01. The zero-order valence-corrected chi connectivity index (χ0v) is 8.67. The first-order valence-electron chi connectivity index (χ1n) is 3.99. The van der Waals surface area contributed by atoms with Gasteiger partial charge in [-0.3, -0.25) is 0 Å². The Morgan fingerprint density at radius 2 is 2.23 bits per heavy atom. The van der Waals surface area contributed by atoms with Crippen molar-refractivity contribution in [2.75, 3.05) is 13.3 Å². The van der Waals surface area contributed by atoms with E-state index in [0.29, 0.717) is 6.54 Å². The van der Waals surface area contributed by atoms with E-state index in [9.17, 15) is 4.21 Å². The van der Waals surface area contributed by atoms with Gasteiger partial charge in [-0.1, -0.05) is 12.1 Å². The monoisotopic (exact) mass is 198 g/mol. The van der Waals surface area contributed by atoms with E-state index < -0.39 is 9.73 Å². The molecule has 0 saturated heterocycles. The van der Waals surface area contributed by atoms with Crippen LogP contribution in [0.1, 0.15) is 5.56 Å². The normalized spacial score (nSPS) is 15.0. The molecule has 0 saturated carbocycles. The Hall–Kier alpha value is -0.870. The quantitative estimate of drug-likeness (QED) is 0.777. The second kappa shape index (κ2) is 3.89. The van der Waals surface area contributed by atoms with Crippen molar-refractivity contribution in [2.45, 2.75) is 11.4 Å². The molecule has 0 spiro atoms.